The molecule has 0 radical (unpaired) electrons. The molecule has 23 heavy (non-hydrogen) atoms. The predicted octanol–water partition coefficient (Wildman–Crippen LogP) is 2.93. The lowest BCUT2D eigenvalue weighted by atomic mass is 10.3. The second-order valence-corrected chi connectivity index (χ2v) is 4.91. The molecular formula is C17H17N3O3. The molecule has 6 heteroatoms. The Bertz CT molecular complexity index is 736. The van der Waals surface area contributed by atoms with Crippen LogP contribution in [0, 0.1) is 0 Å². The number of ether oxygens (including phenoxy) is 1. The fourth-order valence-corrected chi connectivity index (χ4v) is 2.10. The van der Waals surface area contributed by atoms with E-state index in [2.05, 4.69) is 10.4 Å². The molecule has 2 heterocycles. The molecule has 118 valence electrons. The summed E-state index contributed by atoms with van der Waals surface area (Å²) in [5.74, 6) is 2.04. The zero-order chi connectivity index (χ0) is 15.9. The zero-order valence-corrected chi connectivity index (χ0v) is 12.5. The van der Waals surface area contributed by atoms with E-state index in [9.17, 15) is 4.79 Å². The molecule has 0 aliphatic carbocycles. The average Bonchev–Trinajstić information content (AvgIpc) is 3.22. The maximum Gasteiger partial charge on any atom is 0.228 e. The molecule has 1 N–H and O–H groups in total. The van der Waals surface area contributed by atoms with Gasteiger partial charge in [0.25, 0.3) is 0 Å². The number of benzene rings is 1. The highest BCUT2D eigenvalue weighted by atomic mass is 16.5. The third-order valence-corrected chi connectivity index (χ3v) is 3.21. The highest BCUT2D eigenvalue weighted by Gasteiger charge is 2.09. The van der Waals surface area contributed by atoms with E-state index < -0.39 is 0 Å². The first kappa shape index (κ1) is 14.9. The van der Waals surface area contributed by atoms with Gasteiger partial charge < -0.3 is 14.5 Å². The average molecular weight is 311 g/mol. The predicted molar refractivity (Wildman–Crippen MR) is 85.2 cm³/mol. The second-order valence-electron chi connectivity index (χ2n) is 4.91. The molecule has 0 saturated heterocycles. The Balaban J connectivity index is 1.49. The van der Waals surface area contributed by atoms with E-state index >= 15 is 0 Å². The minimum absolute atomic E-state index is 0.123. The van der Waals surface area contributed by atoms with Gasteiger partial charge in [-0.2, -0.15) is 5.10 Å². The number of nitrogens with one attached hydrogen (secondary N) is 1. The Hall–Kier alpha value is -3.02. The summed E-state index contributed by atoms with van der Waals surface area (Å²) in [6.45, 7) is 0.790. The van der Waals surface area contributed by atoms with Crippen LogP contribution in [-0.4, -0.2) is 22.3 Å². The molecular weight excluding hydrogens is 294 g/mol. The Labute approximate surface area is 133 Å². The molecule has 0 aliphatic rings. The summed E-state index contributed by atoms with van der Waals surface area (Å²) in [7, 11) is 0. The van der Waals surface area contributed by atoms with Gasteiger partial charge in [0, 0.05) is 6.07 Å². The van der Waals surface area contributed by atoms with E-state index in [4.69, 9.17) is 9.15 Å². The highest BCUT2D eigenvalue weighted by Crippen LogP contribution is 2.12. The summed E-state index contributed by atoms with van der Waals surface area (Å²) in [5.41, 5.74) is 0. The van der Waals surface area contributed by atoms with Crippen molar-refractivity contribution >= 4 is 11.7 Å². The fraction of sp³-hybridized carbons (Fsp3) is 0.176. The second kappa shape index (κ2) is 7.31. The number of hydrogen-bond donors (Lipinski definition) is 1. The number of nitrogens with zero attached hydrogens (tertiary/aromatic N) is 2. The van der Waals surface area contributed by atoms with E-state index in [0.717, 1.165) is 11.5 Å². The van der Waals surface area contributed by atoms with Gasteiger partial charge in [-0.05, 0) is 24.3 Å². The van der Waals surface area contributed by atoms with Gasteiger partial charge in [-0.1, -0.05) is 18.2 Å². The molecule has 3 aromatic rings. The fourth-order valence-electron chi connectivity index (χ4n) is 2.10. The van der Waals surface area contributed by atoms with E-state index in [1.807, 2.05) is 42.5 Å². The van der Waals surface area contributed by atoms with Gasteiger partial charge in [0.05, 0.1) is 25.5 Å². The van der Waals surface area contributed by atoms with Gasteiger partial charge in [0.15, 0.2) is 0 Å². The lowest BCUT2D eigenvalue weighted by molar-refractivity contribution is -0.116. The van der Waals surface area contributed by atoms with Crippen molar-refractivity contribution in [3.8, 4) is 5.75 Å². The highest BCUT2D eigenvalue weighted by molar-refractivity contribution is 5.89. The number of amides is 1. The largest absolute Gasteiger partial charge is 0.493 e. The molecule has 2 aromatic heterocycles. The summed E-state index contributed by atoms with van der Waals surface area (Å²) in [6, 6.07) is 14.8. The number of rotatable bonds is 7. The van der Waals surface area contributed by atoms with E-state index in [-0.39, 0.29) is 12.3 Å². The zero-order valence-electron chi connectivity index (χ0n) is 12.5. The summed E-state index contributed by atoms with van der Waals surface area (Å²) in [5, 5.41) is 7.01. The molecule has 6 nitrogen and oxygen atoms in total. The smallest absolute Gasteiger partial charge is 0.228 e. The van der Waals surface area contributed by atoms with Gasteiger partial charge in [-0.15, -0.1) is 0 Å². The minimum atomic E-state index is -0.123. The SMILES string of the molecule is O=C(CCOc1ccccc1)Nc1ccnn1Cc1ccco1. The molecule has 0 spiro atoms. The maximum absolute atomic E-state index is 12.0. The molecule has 1 aromatic carbocycles. The lowest BCUT2D eigenvalue weighted by Gasteiger charge is -2.09. The monoisotopic (exact) mass is 311 g/mol. The molecule has 0 unspecified atom stereocenters. The van der Waals surface area contributed by atoms with Crippen molar-refractivity contribution in [2.24, 2.45) is 0 Å². The van der Waals surface area contributed by atoms with Gasteiger partial charge >= 0.3 is 0 Å². The van der Waals surface area contributed by atoms with Crippen molar-refractivity contribution in [3.05, 3.63) is 66.8 Å². The number of carbonyl (C=O) groups excluding carboxylic acids is 1. The van der Waals surface area contributed by atoms with Crippen molar-refractivity contribution in [2.75, 3.05) is 11.9 Å². The van der Waals surface area contributed by atoms with Gasteiger partial charge in [0.2, 0.25) is 5.91 Å². The van der Waals surface area contributed by atoms with Gasteiger partial charge in [0.1, 0.15) is 23.9 Å². The first-order valence-electron chi connectivity index (χ1n) is 7.33. The van der Waals surface area contributed by atoms with Crippen molar-refractivity contribution in [3.63, 3.8) is 0 Å². The van der Waals surface area contributed by atoms with Crippen LogP contribution in [0.5, 0.6) is 5.75 Å². The number of para-hydroxylation sites is 1. The van der Waals surface area contributed by atoms with Crippen molar-refractivity contribution in [1.82, 2.24) is 9.78 Å². The Morgan fingerprint density at radius 2 is 2.04 bits per heavy atom. The van der Waals surface area contributed by atoms with Crippen molar-refractivity contribution in [1.29, 1.82) is 0 Å². The molecule has 0 fully saturated rings. The van der Waals surface area contributed by atoms with Crippen molar-refractivity contribution in [2.45, 2.75) is 13.0 Å². The number of anilines is 1. The van der Waals surface area contributed by atoms with Crippen LogP contribution >= 0.6 is 0 Å². The summed E-state index contributed by atoms with van der Waals surface area (Å²) in [6.07, 6.45) is 3.51. The van der Waals surface area contributed by atoms with Crippen LogP contribution in [0.1, 0.15) is 12.2 Å². The molecule has 3 rings (SSSR count). The number of hydrogen-bond acceptors (Lipinski definition) is 4. The molecule has 1 amide bonds. The summed E-state index contributed by atoms with van der Waals surface area (Å²) >= 11 is 0. The van der Waals surface area contributed by atoms with Crippen LogP contribution in [0.25, 0.3) is 0 Å². The maximum atomic E-state index is 12.0. The third-order valence-electron chi connectivity index (χ3n) is 3.21. The Morgan fingerprint density at radius 3 is 2.83 bits per heavy atom. The Morgan fingerprint density at radius 1 is 1.17 bits per heavy atom. The summed E-state index contributed by atoms with van der Waals surface area (Å²) in [4.78, 5) is 12.0. The van der Waals surface area contributed by atoms with E-state index in [1.54, 1.807) is 23.2 Å². The summed E-state index contributed by atoms with van der Waals surface area (Å²) < 4.78 is 12.5. The van der Waals surface area contributed by atoms with Crippen LogP contribution in [-0.2, 0) is 11.3 Å². The Kier molecular flexibility index (Phi) is 4.73. The molecule has 0 aliphatic heterocycles. The van der Waals surface area contributed by atoms with Crippen LogP contribution in [0.2, 0.25) is 0 Å². The lowest BCUT2D eigenvalue weighted by Crippen LogP contribution is -2.18. The van der Waals surface area contributed by atoms with Gasteiger partial charge in [-0.3, -0.25) is 4.79 Å². The van der Waals surface area contributed by atoms with E-state index in [1.165, 1.54) is 0 Å². The normalized spacial score (nSPS) is 10.4. The minimum Gasteiger partial charge on any atom is -0.493 e. The van der Waals surface area contributed by atoms with Crippen LogP contribution in [0.3, 0.4) is 0 Å². The molecule has 0 saturated carbocycles. The number of furan rings is 1. The quantitative estimate of drug-likeness (QED) is 0.728. The van der Waals surface area contributed by atoms with Gasteiger partial charge in [-0.25, -0.2) is 4.68 Å². The first-order chi connectivity index (χ1) is 11.3. The van der Waals surface area contributed by atoms with Crippen LogP contribution in [0.4, 0.5) is 5.82 Å². The number of aromatic nitrogens is 2. The third kappa shape index (κ3) is 4.23. The first-order valence-corrected chi connectivity index (χ1v) is 7.33. The van der Waals surface area contributed by atoms with E-state index in [0.29, 0.717) is 19.0 Å². The number of carbonyl (C=O) groups is 1. The molecule has 0 atom stereocenters. The van der Waals surface area contributed by atoms with Crippen LogP contribution < -0.4 is 10.1 Å². The standard InChI is InChI=1S/C17H17N3O3/c21-17(9-12-23-14-5-2-1-3-6-14)19-16-8-10-18-20(16)13-15-7-4-11-22-15/h1-8,10-11H,9,12-13H2,(H,19,21). The van der Waals surface area contributed by atoms with Crippen LogP contribution in [0.15, 0.2) is 65.4 Å². The molecule has 0 bridgehead atoms. The topological polar surface area (TPSA) is 69.3 Å². The van der Waals surface area contributed by atoms with Crippen molar-refractivity contribution < 1.29 is 13.9 Å².